The number of nitrogens with zero attached hydrogens (tertiary/aromatic N) is 1. The molecular formula is C33H39N3O7S. The molecule has 0 fully saturated rings. The van der Waals surface area contributed by atoms with Crippen LogP contribution in [0.5, 0.6) is 17.2 Å². The summed E-state index contributed by atoms with van der Waals surface area (Å²) in [6.45, 7) is 6.34. The highest BCUT2D eigenvalue weighted by atomic mass is 32.1. The lowest BCUT2D eigenvalue weighted by atomic mass is 9.95. The first-order chi connectivity index (χ1) is 21.3. The van der Waals surface area contributed by atoms with Crippen molar-refractivity contribution in [3.05, 3.63) is 69.6 Å². The Bertz CT molecular complexity index is 1480. The normalized spacial score (nSPS) is 13.1. The van der Waals surface area contributed by atoms with Gasteiger partial charge in [0.25, 0.3) is 11.8 Å². The highest BCUT2D eigenvalue weighted by Crippen LogP contribution is 2.39. The summed E-state index contributed by atoms with van der Waals surface area (Å²) >= 11 is 1.44. The molecule has 234 valence electrons. The zero-order chi connectivity index (χ0) is 31.5. The van der Waals surface area contributed by atoms with E-state index in [9.17, 15) is 14.4 Å². The molecule has 2 amide bonds. The summed E-state index contributed by atoms with van der Waals surface area (Å²) in [5.41, 5.74) is 5.05. The first kappa shape index (κ1) is 32.5. The van der Waals surface area contributed by atoms with Crippen LogP contribution in [0.3, 0.4) is 0 Å². The van der Waals surface area contributed by atoms with Gasteiger partial charge in [-0.2, -0.15) is 5.10 Å². The van der Waals surface area contributed by atoms with Gasteiger partial charge in [-0.3, -0.25) is 9.59 Å². The van der Waals surface area contributed by atoms with Crippen molar-refractivity contribution in [3.8, 4) is 17.2 Å². The summed E-state index contributed by atoms with van der Waals surface area (Å²) in [5.74, 6) is 0.446. The van der Waals surface area contributed by atoms with E-state index < -0.39 is 18.0 Å². The number of amides is 2. The minimum atomic E-state index is -0.847. The van der Waals surface area contributed by atoms with Gasteiger partial charge in [0.15, 0.2) is 17.6 Å². The Morgan fingerprint density at radius 1 is 1.05 bits per heavy atom. The molecule has 0 saturated heterocycles. The third kappa shape index (κ3) is 8.37. The maximum atomic E-state index is 13.1. The van der Waals surface area contributed by atoms with Crippen LogP contribution in [-0.4, -0.2) is 50.4 Å². The molecule has 1 aliphatic carbocycles. The molecule has 2 N–H and O–H groups in total. The maximum Gasteiger partial charge on any atom is 0.341 e. The summed E-state index contributed by atoms with van der Waals surface area (Å²) < 4.78 is 22.2. The summed E-state index contributed by atoms with van der Waals surface area (Å²) in [6, 6.07) is 11.8. The Balaban J connectivity index is 1.32. The molecule has 0 aliphatic heterocycles. The van der Waals surface area contributed by atoms with Crippen LogP contribution in [0.4, 0.5) is 5.00 Å². The second kappa shape index (κ2) is 15.9. The van der Waals surface area contributed by atoms with Crippen molar-refractivity contribution in [1.29, 1.82) is 0 Å². The van der Waals surface area contributed by atoms with E-state index in [0.717, 1.165) is 54.5 Å². The summed E-state index contributed by atoms with van der Waals surface area (Å²) in [4.78, 5) is 39.5. The molecule has 0 spiro atoms. The molecular weight excluding hydrogens is 582 g/mol. The summed E-state index contributed by atoms with van der Waals surface area (Å²) in [6.07, 6.45) is 6.41. The zero-order valence-electron chi connectivity index (χ0n) is 25.6. The number of fused-ring (bicyclic) bond motifs is 1. The van der Waals surface area contributed by atoms with Crippen LogP contribution in [0.15, 0.2) is 47.6 Å². The number of thiophene rings is 1. The van der Waals surface area contributed by atoms with Crippen molar-refractivity contribution in [2.45, 2.75) is 65.4 Å². The topological polar surface area (TPSA) is 125 Å². The van der Waals surface area contributed by atoms with Gasteiger partial charge in [-0.05, 0) is 99.5 Å². The van der Waals surface area contributed by atoms with Gasteiger partial charge in [0, 0.05) is 10.4 Å². The number of aryl methyl sites for hydroxylation is 1. The second-order valence-corrected chi connectivity index (χ2v) is 11.3. The average molecular weight is 622 g/mol. The highest BCUT2D eigenvalue weighted by molar-refractivity contribution is 7.17. The number of benzene rings is 2. The van der Waals surface area contributed by atoms with Crippen LogP contribution < -0.4 is 25.0 Å². The molecule has 0 saturated carbocycles. The van der Waals surface area contributed by atoms with E-state index in [-0.39, 0.29) is 12.5 Å². The Morgan fingerprint density at radius 2 is 1.82 bits per heavy atom. The van der Waals surface area contributed by atoms with Gasteiger partial charge in [-0.25, -0.2) is 10.2 Å². The number of methoxy groups -OCH3 is 1. The minimum Gasteiger partial charge on any atom is -0.493 e. The SMILES string of the molecule is CCCCOc1ccc(/C=N/NC(=O)C(C)Oc2ccc(C(=O)Nc3sc4c(c3C(=O)OCC)CCCC4)cc2)cc1OC. The van der Waals surface area contributed by atoms with E-state index in [0.29, 0.717) is 40.0 Å². The van der Waals surface area contributed by atoms with Crippen LogP contribution in [-0.2, 0) is 22.4 Å². The number of hydrogen-bond acceptors (Lipinski definition) is 9. The molecule has 2 aromatic carbocycles. The highest BCUT2D eigenvalue weighted by Gasteiger charge is 2.27. The molecule has 1 aromatic heterocycles. The molecule has 11 heteroatoms. The molecule has 10 nitrogen and oxygen atoms in total. The average Bonchev–Trinajstić information content (AvgIpc) is 3.39. The molecule has 1 atom stereocenters. The fourth-order valence-corrected chi connectivity index (χ4v) is 5.93. The number of unbranched alkanes of at least 4 members (excludes halogenated alkanes) is 1. The van der Waals surface area contributed by atoms with Crippen LogP contribution in [0, 0.1) is 0 Å². The van der Waals surface area contributed by atoms with E-state index in [4.69, 9.17) is 18.9 Å². The van der Waals surface area contributed by atoms with E-state index in [2.05, 4.69) is 22.8 Å². The Hall–Kier alpha value is -4.38. The fraction of sp³-hybridized carbons (Fsp3) is 0.394. The largest absolute Gasteiger partial charge is 0.493 e. The van der Waals surface area contributed by atoms with Crippen LogP contribution >= 0.6 is 11.3 Å². The molecule has 3 aromatic rings. The Kier molecular flexibility index (Phi) is 11.8. The van der Waals surface area contributed by atoms with Gasteiger partial charge in [0.1, 0.15) is 10.8 Å². The molecule has 1 unspecified atom stereocenters. The van der Waals surface area contributed by atoms with E-state index in [1.54, 1.807) is 57.4 Å². The predicted molar refractivity (Wildman–Crippen MR) is 171 cm³/mol. The number of carbonyl (C=O) groups excluding carboxylic acids is 3. The quantitative estimate of drug-likeness (QED) is 0.0956. The molecule has 1 heterocycles. The van der Waals surface area contributed by atoms with Gasteiger partial charge in [0.2, 0.25) is 0 Å². The van der Waals surface area contributed by atoms with Gasteiger partial charge < -0.3 is 24.3 Å². The zero-order valence-corrected chi connectivity index (χ0v) is 26.4. The van der Waals surface area contributed by atoms with Gasteiger partial charge in [-0.1, -0.05) is 13.3 Å². The molecule has 1 aliphatic rings. The molecule has 0 bridgehead atoms. The lowest BCUT2D eigenvalue weighted by Gasteiger charge is -2.13. The number of hydrazone groups is 1. The lowest BCUT2D eigenvalue weighted by molar-refractivity contribution is -0.127. The smallest absolute Gasteiger partial charge is 0.341 e. The Morgan fingerprint density at radius 3 is 2.55 bits per heavy atom. The fourth-order valence-electron chi connectivity index (χ4n) is 4.66. The number of rotatable bonds is 14. The standard InChI is InChI=1S/C33H39N3O7S/c1-5-7-18-42-26-17-12-22(19-27(26)40-4)20-34-36-30(37)21(3)43-24-15-13-23(14-16-24)31(38)35-32-29(33(39)41-6-2)25-10-8-9-11-28(25)44-32/h12-17,19-21H,5-11,18H2,1-4H3,(H,35,38)(H,36,37)/b34-20+. The number of carbonyl (C=O) groups is 3. The monoisotopic (exact) mass is 621 g/mol. The minimum absolute atomic E-state index is 0.263. The molecule has 44 heavy (non-hydrogen) atoms. The number of ether oxygens (including phenoxy) is 4. The predicted octanol–water partition coefficient (Wildman–Crippen LogP) is 6.16. The lowest BCUT2D eigenvalue weighted by Crippen LogP contribution is -2.33. The number of anilines is 1. The van der Waals surface area contributed by atoms with E-state index in [1.165, 1.54) is 17.6 Å². The van der Waals surface area contributed by atoms with Crippen molar-refractivity contribution >= 4 is 40.3 Å². The third-order valence-corrected chi connectivity index (χ3v) is 8.22. The first-order valence-electron chi connectivity index (χ1n) is 14.9. The molecule has 4 rings (SSSR count). The van der Waals surface area contributed by atoms with Crippen LogP contribution in [0.2, 0.25) is 0 Å². The van der Waals surface area contributed by atoms with Crippen LogP contribution in [0.25, 0.3) is 0 Å². The second-order valence-electron chi connectivity index (χ2n) is 10.2. The third-order valence-electron chi connectivity index (χ3n) is 7.01. The van der Waals surface area contributed by atoms with Crippen molar-refractivity contribution in [2.24, 2.45) is 5.10 Å². The van der Waals surface area contributed by atoms with Gasteiger partial charge >= 0.3 is 5.97 Å². The summed E-state index contributed by atoms with van der Waals surface area (Å²) in [7, 11) is 1.57. The summed E-state index contributed by atoms with van der Waals surface area (Å²) in [5, 5.41) is 7.45. The molecule has 0 radical (unpaired) electrons. The first-order valence-corrected chi connectivity index (χ1v) is 15.7. The maximum absolute atomic E-state index is 13.1. The number of esters is 1. The van der Waals surface area contributed by atoms with Gasteiger partial charge in [-0.15, -0.1) is 11.3 Å². The van der Waals surface area contributed by atoms with Crippen LogP contribution in [0.1, 0.15) is 83.2 Å². The van der Waals surface area contributed by atoms with Crippen molar-refractivity contribution < 1.29 is 33.3 Å². The number of hydrogen-bond donors (Lipinski definition) is 2. The number of nitrogens with one attached hydrogen (secondary N) is 2. The van der Waals surface area contributed by atoms with E-state index in [1.807, 2.05) is 6.07 Å². The Labute approximate surface area is 261 Å². The van der Waals surface area contributed by atoms with Crippen molar-refractivity contribution in [3.63, 3.8) is 0 Å². The van der Waals surface area contributed by atoms with Crippen molar-refractivity contribution in [1.82, 2.24) is 5.43 Å². The van der Waals surface area contributed by atoms with Gasteiger partial charge in [0.05, 0.1) is 32.1 Å². The van der Waals surface area contributed by atoms with E-state index >= 15 is 0 Å². The van der Waals surface area contributed by atoms with Crippen molar-refractivity contribution in [2.75, 3.05) is 25.6 Å².